The molecule has 11 heteroatoms. The monoisotopic (exact) mass is 664 g/mol. The zero-order valence-electron chi connectivity index (χ0n) is 27.8. The van der Waals surface area contributed by atoms with Crippen molar-refractivity contribution in [3.8, 4) is 23.3 Å². The van der Waals surface area contributed by atoms with Crippen molar-refractivity contribution in [2.45, 2.75) is 45.4 Å². The van der Waals surface area contributed by atoms with E-state index in [0.29, 0.717) is 58.9 Å². The van der Waals surface area contributed by atoms with E-state index in [1.165, 1.54) is 12.8 Å². The number of anilines is 1. The van der Waals surface area contributed by atoms with Crippen LogP contribution in [0.1, 0.15) is 69.0 Å². The zero-order chi connectivity index (χ0) is 34.6. The second kappa shape index (κ2) is 14.4. The minimum atomic E-state index is -0.340. The van der Waals surface area contributed by atoms with Crippen molar-refractivity contribution in [3.63, 3.8) is 0 Å². The number of aliphatic hydroxyl groups is 1. The van der Waals surface area contributed by atoms with Crippen LogP contribution in [0.2, 0.25) is 0 Å². The Hall–Kier alpha value is -5.72. The minimum Gasteiger partial charge on any atom is -0.392 e. The average molecular weight is 665 g/mol. The highest BCUT2D eigenvalue weighted by molar-refractivity contribution is 6.04. The Kier molecular flexibility index (Phi) is 9.45. The highest BCUT2D eigenvalue weighted by Crippen LogP contribution is 2.33. The summed E-state index contributed by atoms with van der Waals surface area (Å²) in [7, 11) is 0. The van der Waals surface area contributed by atoms with Gasteiger partial charge in [0.25, 0.3) is 5.91 Å². The largest absolute Gasteiger partial charge is 0.392 e. The summed E-state index contributed by atoms with van der Waals surface area (Å²) in [4.78, 5) is 26.6. The lowest BCUT2D eigenvalue weighted by atomic mass is 9.94. The number of nitrogens with one attached hydrogen (secondary N) is 1. The van der Waals surface area contributed by atoms with Crippen LogP contribution in [-0.4, -0.2) is 68.2 Å². The van der Waals surface area contributed by atoms with Crippen molar-refractivity contribution in [1.82, 2.24) is 24.9 Å². The van der Waals surface area contributed by atoms with E-state index in [9.17, 15) is 20.4 Å². The van der Waals surface area contributed by atoms with Crippen molar-refractivity contribution in [3.05, 3.63) is 106 Å². The van der Waals surface area contributed by atoms with E-state index < -0.39 is 0 Å². The predicted molar refractivity (Wildman–Crippen MR) is 189 cm³/mol. The fraction of sp³-hybridized carbons (Fsp3) is 0.282. The van der Waals surface area contributed by atoms with E-state index in [1.54, 1.807) is 36.7 Å². The van der Waals surface area contributed by atoms with Crippen LogP contribution in [0.5, 0.6) is 0 Å². The lowest BCUT2D eigenvalue weighted by Gasteiger charge is -2.15. The summed E-state index contributed by atoms with van der Waals surface area (Å²) in [6, 6.07) is 19.3. The van der Waals surface area contributed by atoms with E-state index in [0.717, 1.165) is 53.8 Å². The number of β-amino-alcohol motifs (C(OH)–C–C–N with tert-alkyl or cyclic N) is 1. The molecular weight excluding hydrogens is 628 g/mol. The van der Waals surface area contributed by atoms with Gasteiger partial charge < -0.3 is 14.9 Å². The molecule has 0 bridgehead atoms. The van der Waals surface area contributed by atoms with Gasteiger partial charge in [-0.1, -0.05) is 35.5 Å². The first kappa shape index (κ1) is 32.8. The molecule has 2 fully saturated rings. The molecule has 2 aromatic carbocycles. The van der Waals surface area contributed by atoms with Gasteiger partial charge in [-0.2, -0.15) is 10.5 Å². The maximum atomic E-state index is 13.2. The van der Waals surface area contributed by atoms with Crippen molar-refractivity contribution in [2.75, 3.05) is 31.5 Å². The Morgan fingerprint density at radius 2 is 1.82 bits per heavy atom. The molecule has 11 nitrogen and oxygen atoms in total. The Labute approximate surface area is 290 Å². The molecule has 50 heavy (non-hydrogen) atoms. The lowest BCUT2D eigenvalue weighted by Crippen LogP contribution is -2.21. The number of amides is 1. The summed E-state index contributed by atoms with van der Waals surface area (Å²) < 4.78 is 5.66. The van der Waals surface area contributed by atoms with Crippen LogP contribution >= 0.6 is 0 Å². The highest BCUT2D eigenvalue weighted by atomic mass is 16.5. The first-order chi connectivity index (χ1) is 24.4. The third kappa shape index (κ3) is 6.75. The number of nitriles is 2. The van der Waals surface area contributed by atoms with Crippen molar-refractivity contribution < 1.29 is 14.4 Å². The van der Waals surface area contributed by atoms with Gasteiger partial charge in [0, 0.05) is 55.2 Å². The van der Waals surface area contributed by atoms with Crippen LogP contribution in [0.3, 0.4) is 0 Å². The molecule has 0 aliphatic carbocycles. The van der Waals surface area contributed by atoms with Gasteiger partial charge in [0.2, 0.25) is 0 Å². The lowest BCUT2D eigenvalue weighted by molar-refractivity contribution is 0.102. The maximum Gasteiger partial charge on any atom is 0.274 e. The molecule has 5 heterocycles. The molecule has 5 aromatic rings. The van der Waals surface area contributed by atoms with Crippen LogP contribution in [0.15, 0.2) is 65.4 Å². The van der Waals surface area contributed by atoms with E-state index >= 15 is 0 Å². The van der Waals surface area contributed by atoms with Crippen molar-refractivity contribution in [1.29, 1.82) is 10.5 Å². The second-order valence-electron chi connectivity index (χ2n) is 12.9. The molecule has 2 aliphatic heterocycles. The molecular formula is C39H36N8O3. The maximum absolute atomic E-state index is 13.2. The van der Waals surface area contributed by atoms with E-state index in [1.807, 2.05) is 43.3 Å². The quantitative estimate of drug-likeness (QED) is 0.194. The number of carbonyl (C=O) groups excluding carboxylic acids is 1. The number of pyridine rings is 2. The van der Waals surface area contributed by atoms with Gasteiger partial charge in [-0.15, -0.1) is 0 Å². The summed E-state index contributed by atoms with van der Waals surface area (Å²) in [5.74, 6) is -0.340. The normalized spacial score (nSPS) is 16.6. The molecule has 2 saturated heterocycles. The molecule has 250 valence electrons. The number of rotatable bonds is 9. The fourth-order valence-electron chi connectivity index (χ4n) is 6.82. The van der Waals surface area contributed by atoms with Gasteiger partial charge in [0.15, 0.2) is 5.58 Å². The molecule has 0 saturated carbocycles. The number of benzene rings is 2. The number of hydrogen-bond acceptors (Lipinski definition) is 10. The number of hydrogen-bond donors (Lipinski definition) is 2. The smallest absolute Gasteiger partial charge is 0.274 e. The Morgan fingerprint density at radius 3 is 2.56 bits per heavy atom. The number of aromatic nitrogens is 3. The molecule has 3 aromatic heterocycles. The fourth-order valence-corrected chi connectivity index (χ4v) is 6.82. The summed E-state index contributed by atoms with van der Waals surface area (Å²) in [6.07, 6.45) is 9.67. The second-order valence-corrected chi connectivity index (χ2v) is 12.9. The zero-order valence-corrected chi connectivity index (χ0v) is 27.8. The number of aliphatic hydroxyl groups excluding tert-OH is 1. The Morgan fingerprint density at radius 1 is 0.980 bits per heavy atom. The molecule has 2 N–H and O–H groups in total. The van der Waals surface area contributed by atoms with E-state index in [-0.39, 0.29) is 17.7 Å². The van der Waals surface area contributed by atoms with Gasteiger partial charge in [-0.25, -0.2) is 0 Å². The van der Waals surface area contributed by atoms with Crippen molar-refractivity contribution in [2.24, 2.45) is 0 Å². The molecule has 0 spiro atoms. The van der Waals surface area contributed by atoms with Gasteiger partial charge >= 0.3 is 0 Å². The van der Waals surface area contributed by atoms with Gasteiger partial charge in [0.1, 0.15) is 29.1 Å². The van der Waals surface area contributed by atoms with Gasteiger partial charge in [-0.3, -0.25) is 24.6 Å². The first-order valence-corrected chi connectivity index (χ1v) is 16.8. The van der Waals surface area contributed by atoms with Crippen molar-refractivity contribution >= 4 is 34.7 Å². The SMILES string of the molecule is Cc1c(NC(=O)c2ccc(CN3CC[C@@H](O)C3)cn2)cccc1-c1ccnc(/C=C/c2ccc3c(CN4CCCC4)noc3c2C#N)c1C#N. The van der Waals surface area contributed by atoms with Crippen LogP contribution in [0.4, 0.5) is 5.69 Å². The summed E-state index contributed by atoms with van der Waals surface area (Å²) in [5, 5.41) is 38.3. The number of fused-ring (bicyclic) bond motifs is 1. The van der Waals surface area contributed by atoms with Crippen LogP contribution in [0, 0.1) is 29.6 Å². The van der Waals surface area contributed by atoms with Crippen LogP contribution < -0.4 is 5.32 Å². The number of carbonyl (C=O) groups is 1. The van der Waals surface area contributed by atoms with E-state index in [2.05, 4.69) is 42.4 Å². The molecule has 1 atom stereocenters. The number of likely N-dealkylation sites (tertiary alicyclic amines) is 2. The first-order valence-electron chi connectivity index (χ1n) is 16.8. The highest BCUT2D eigenvalue weighted by Gasteiger charge is 2.22. The van der Waals surface area contributed by atoms with Gasteiger partial charge in [-0.05, 0) is 91.9 Å². The predicted octanol–water partition coefficient (Wildman–Crippen LogP) is 5.92. The van der Waals surface area contributed by atoms with E-state index in [4.69, 9.17) is 4.52 Å². The topological polar surface area (TPSA) is 155 Å². The molecule has 0 unspecified atom stereocenters. The molecule has 2 aliphatic rings. The van der Waals surface area contributed by atoms with Crippen LogP contribution in [0.25, 0.3) is 34.2 Å². The third-order valence-electron chi connectivity index (χ3n) is 9.53. The summed E-state index contributed by atoms with van der Waals surface area (Å²) in [6.45, 7) is 6.80. The van der Waals surface area contributed by atoms with Crippen LogP contribution in [-0.2, 0) is 13.1 Å². The Balaban J connectivity index is 1.11. The molecule has 7 rings (SSSR count). The summed E-state index contributed by atoms with van der Waals surface area (Å²) in [5.41, 5.74) is 7.21. The minimum absolute atomic E-state index is 0.288. The average Bonchev–Trinajstić information content (AvgIpc) is 3.90. The van der Waals surface area contributed by atoms with Gasteiger partial charge in [0.05, 0.1) is 17.4 Å². The third-order valence-corrected chi connectivity index (χ3v) is 9.53. The molecule has 1 amide bonds. The standard InChI is InChI=1S/C39H36N8O3/c1-25-29(5-4-6-34(25)44-39(49)36-11-7-26(21-43-36)22-47-18-14-28(48)23-47)30-13-15-42-35(33(30)20-41)12-9-27-8-10-31-37(24-46-16-2-3-17-46)45-50-38(31)32(27)19-40/h4-13,15,21,28,48H,2-3,14,16-18,22-24H2,1H3,(H,44,49)/b12-9+/t28-/m1/s1. The summed E-state index contributed by atoms with van der Waals surface area (Å²) >= 11 is 0. The molecule has 0 radical (unpaired) electrons. The number of nitrogens with zero attached hydrogens (tertiary/aromatic N) is 7. The Bertz CT molecular complexity index is 2170.